The van der Waals surface area contributed by atoms with Gasteiger partial charge in [-0.25, -0.2) is 0 Å². The van der Waals surface area contributed by atoms with Gasteiger partial charge >= 0.3 is 6.18 Å². The molecule has 1 heterocycles. The normalized spacial score (nSPS) is 19.8. The number of nitrogens with one attached hydrogen (secondary N) is 1. The molecule has 0 saturated carbocycles. The third kappa shape index (κ3) is 7.08. The maximum Gasteiger partial charge on any atom is 0.423 e. The molecule has 1 saturated heterocycles. The minimum atomic E-state index is -4.85. The maximum atomic E-state index is 13.3. The van der Waals surface area contributed by atoms with Crippen LogP contribution >= 0.6 is 0 Å². The number of anilines is 2. The number of nitro benzene ring substituents is 1. The second-order valence-corrected chi connectivity index (χ2v) is 10.9. The standard InChI is InChI=1S/C28H33F3N4O4/c1-27(2,3)19-4-8-22(9-5-19)33-12-14-34(15-13-33)26(36)18-39-23-10-6-20(16-23)32-21-7-11-25(35(37)38)24(17-21)28(29,30)31/h4-11,17,20,23,32H,12-16,18H2,1-3H3/t20?,23-/m1/s1. The second kappa shape index (κ2) is 11.3. The van der Waals surface area contributed by atoms with E-state index in [2.05, 4.69) is 55.3 Å². The van der Waals surface area contributed by atoms with Gasteiger partial charge in [0.05, 0.1) is 11.0 Å². The van der Waals surface area contributed by atoms with E-state index in [9.17, 15) is 28.1 Å². The van der Waals surface area contributed by atoms with Gasteiger partial charge in [0.2, 0.25) is 5.91 Å². The number of amides is 1. The Balaban J connectivity index is 1.23. The van der Waals surface area contributed by atoms with E-state index in [-0.39, 0.29) is 35.8 Å². The fourth-order valence-electron chi connectivity index (χ4n) is 4.78. The van der Waals surface area contributed by atoms with E-state index in [0.717, 1.165) is 30.9 Å². The first-order valence-corrected chi connectivity index (χ1v) is 12.9. The molecular formula is C28H33F3N4O4. The third-order valence-corrected chi connectivity index (χ3v) is 7.05. The Morgan fingerprint density at radius 3 is 2.31 bits per heavy atom. The Kier molecular flexibility index (Phi) is 8.20. The van der Waals surface area contributed by atoms with Crippen molar-refractivity contribution in [2.45, 2.75) is 50.9 Å². The molecule has 39 heavy (non-hydrogen) atoms. The topological polar surface area (TPSA) is 88.0 Å². The molecule has 8 nitrogen and oxygen atoms in total. The highest BCUT2D eigenvalue weighted by Gasteiger charge is 2.38. The first-order chi connectivity index (χ1) is 18.3. The van der Waals surface area contributed by atoms with E-state index in [1.54, 1.807) is 17.1 Å². The largest absolute Gasteiger partial charge is 0.423 e. The number of hydrogen-bond acceptors (Lipinski definition) is 6. The summed E-state index contributed by atoms with van der Waals surface area (Å²) in [6.07, 6.45) is -1.27. The van der Waals surface area contributed by atoms with Gasteiger partial charge in [-0.1, -0.05) is 45.1 Å². The molecule has 1 unspecified atom stereocenters. The van der Waals surface area contributed by atoms with E-state index in [1.165, 1.54) is 11.6 Å². The fraction of sp³-hybridized carbons (Fsp3) is 0.464. The molecule has 2 aliphatic rings. The van der Waals surface area contributed by atoms with Crippen LogP contribution in [0, 0.1) is 10.1 Å². The van der Waals surface area contributed by atoms with Crippen LogP contribution in [0.5, 0.6) is 0 Å². The lowest BCUT2D eigenvalue weighted by atomic mass is 9.87. The van der Waals surface area contributed by atoms with E-state index < -0.39 is 22.4 Å². The van der Waals surface area contributed by atoms with Gasteiger partial charge in [-0.2, -0.15) is 13.2 Å². The number of carbonyl (C=O) groups excluding carboxylic acids is 1. The summed E-state index contributed by atoms with van der Waals surface area (Å²) in [6.45, 7) is 9.09. The van der Waals surface area contributed by atoms with Crippen LogP contribution in [0.1, 0.15) is 38.3 Å². The summed E-state index contributed by atoms with van der Waals surface area (Å²) in [5.74, 6) is -0.104. The minimum Gasteiger partial charge on any atom is -0.379 e. The number of rotatable bonds is 7. The fourth-order valence-corrected chi connectivity index (χ4v) is 4.78. The zero-order valence-corrected chi connectivity index (χ0v) is 22.2. The predicted octanol–water partition coefficient (Wildman–Crippen LogP) is 5.39. The first kappa shape index (κ1) is 28.4. The number of nitro groups is 1. The van der Waals surface area contributed by atoms with Gasteiger partial charge in [0, 0.05) is 56.1 Å². The quantitative estimate of drug-likeness (QED) is 0.285. The number of alkyl halides is 3. The van der Waals surface area contributed by atoms with E-state index in [0.29, 0.717) is 19.5 Å². The van der Waals surface area contributed by atoms with Crippen LogP contribution in [0.4, 0.5) is 30.2 Å². The summed E-state index contributed by atoms with van der Waals surface area (Å²) in [5, 5.41) is 13.9. The summed E-state index contributed by atoms with van der Waals surface area (Å²) in [4.78, 5) is 26.7. The van der Waals surface area contributed by atoms with Gasteiger partial charge < -0.3 is 19.9 Å². The first-order valence-electron chi connectivity index (χ1n) is 12.9. The van der Waals surface area contributed by atoms with E-state index in [1.807, 2.05) is 0 Å². The van der Waals surface area contributed by atoms with Crippen molar-refractivity contribution in [2.24, 2.45) is 0 Å². The Hall–Kier alpha value is -3.60. The van der Waals surface area contributed by atoms with Crippen molar-refractivity contribution >= 4 is 23.0 Å². The maximum absolute atomic E-state index is 13.3. The highest BCUT2D eigenvalue weighted by atomic mass is 19.4. The zero-order valence-electron chi connectivity index (χ0n) is 22.2. The summed E-state index contributed by atoms with van der Waals surface area (Å²) >= 11 is 0. The molecule has 1 aliphatic heterocycles. The summed E-state index contributed by atoms with van der Waals surface area (Å²) in [5.41, 5.74) is 0.320. The molecular weight excluding hydrogens is 513 g/mol. The molecule has 0 spiro atoms. The van der Waals surface area contributed by atoms with Crippen molar-refractivity contribution in [3.8, 4) is 0 Å². The minimum absolute atomic E-state index is 0.0856. The monoisotopic (exact) mass is 546 g/mol. The van der Waals surface area contributed by atoms with E-state index in [4.69, 9.17) is 4.74 Å². The van der Waals surface area contributed by atoms with Crippen LogP contribution < -0.4 is 10.2 Å². The predicted molar refractivity (Wildman–Crippen MR) is 143 cm³/mol. The van der Waals surface area contributed by atoms with Gasteiger partial charge in [-0.05, 0) is 35.2 Å². The van der Waals surface area contributed by atoms with Crippen LogP contribution in [0.2, 0.25) is 0 Å². The van der Waals surface area contributed by atoms with Crippen molar-refractivity contribution in [3.63, 3.8) is 0 Å². The van der Waals surface area contributed by atoms with Crippen molar-refractivity contribution in [1.82, 2.24) is 4.90 Å². The second-order valence-electron chi connectivity index (χ2n) is 10.9. The number of ether oxygens (including phenoxy) is 1. The highest BCUT2D eigenvalue weighted by Crippen LogP contribution is 2.38. The molecule has 0 bridgehead atoms. The lowest BCUT2D eigenvalue weighted by molar-refractivity contribution is -0.388. The van der Waals surface area contributed by atoms with Crippen LogP contribution in [0.15, 0.2) is 54.6 Å². The van der Waals surface area contributed by atoms with E-state index >= 15 is 0 Å². The molecule has 11 heteroatoms. The Morgan fingerprint density at radius 2 is 1.72 bits per heavy atom. The van der Waals surface area contributed by atoms with Crippen molar-refractivity contribution in [1.29, 1.82) is 0 Å². The van der Waals surface area contributed by atoms with Crippen LogP contribution in [0.25, 0.3) is 0 Å². The molecule has 2 aromatic carbocycles. The summed E-state index contributed by atoms with van der Waals surface area (Å²) < 4.78 is 45.5. The lowest BCUT2D eigenvalue weighted by Crippen LogP contribution is -2.50. The summed E-state index contributed by atoms with van der Waals surface area (Å²) in [7, 11) is 0. The van der Waals surface area contributed by atoms with Crippen molar-refractivity contribution in [2.75, 3.05) is 43.0 Å². The zero-order chi connectivity index (χ0) is 28.4. The molecule has 1 fully saturated rings. The van der Waals surface area contributed by atoms with Gasteiger partial charge in [-0.3, -0.25) is 14.9 Å². The van der Waals surface area contributed by atoms with Crippen molar-refractivity contribution in [3.05, 3.63) is 75.9 Å². The Labute approximate surface area is 225 Å². The molecule has 1 amide bonds. The van der Waals surface area contributed by atoms with Crippen LogP contribution in [-0.4, -0.2) is 60.7 Å². The van der Waals surface area contributed by atoms with Crippen molar-refractivity contribution < 1.29 is 27.6 Å². The number of hydrogen-bond donors (Lipinski definition) is 1. The van der Waals surface area contributed by atoms with Crippen LogP contribution in [-0.2, 0) is 21.1 Å². The third-order valence-electron chi connectivity index (χ3n) is 7.05. The summed E-state index contributed by atoms with van der Waals surface area (Å²) in [6, 6.07) is 11.0. The highest BCUT2D eigenvalue weighted by molar-refractivity contribution is 5.77. The smallest absolute Gasteiger partial charge is 0.379 e. The average Bonchev–Trinajstić information content (AvgIpc) is 3.33. The lowest BCUT2D eigenvalue weighted by Gasteiger charge is -2.36. The Bertz CT molecular complexity index is 1220. The van der Waals surface area contributed by atoms with Gasteiger partial charge in [-0.15, -0.1) is 0 Å². The molecule has 0 aromatic heterocycles. The van der Waals surface area contributed by atoms with Crippen LogP contribution in [0.3, 0.4) is 0 Å². The molecule has 1 N–H and O–H groups in total. The Morgan fingerprint density at radius 1 is 1.05 bits per heavy atom. The molecule has 0 radical (unpaired) electrons. The van der Waals surface area contributed by atoms with Gasteiger partial charge in [0.1, 0.15) is 12.2 Å². The number of nitrogens with zero attached hydrogens (tertiary/aromatic N) is 3. The molecule has 2 aromatic rings. The molecule has 4 rings (SSSR count). The molecule has 210 valence electrons. The number of carbonyl (C=O) groups is 1. The average molecular weight is 547 g/mol. The number of halogens is 3. The van der Waals surface area contributed by atoms with Gasteiger partial charge in [0.15, 0.2) is 0 Å². The van der Waals surface area contributed by atoms with Gasteiger partial charge in [0.25, 0.3) is 5.69 Å². The molecule has 1 aliphatic carbocycles. The molecule has 2 atom stereocenters. The number of piperazine rings is 1. The number of benzene rings is 2. The SMILES string of the molecule is CC(C)(C)c1ccc(N2CCN(C(=O)CO[C@@H]3C=CC(Nc4ccc([N+](=O)[O-])c(C(F)(F)F)c4)C3)CC2)cc1.